The Morgan fingerprint density at radius 3 is 2.71 bits per heavy atom. The molecule has 0 radical (unpaired) electrons. The van der Waals surface area contributed by atoms with Gasteiger partial charge in [0.1, 0.15) is 11.5 Å². The maximum atomic E-state index is 5.56. The molecule has 5 heterocycles. The zero-order chi connectivity index (χ0) is 23.6. The average Bonchev–Trinajstić information content (AvgIpc) is 3.67. The smallest absolute Gasteiger partial charge is 0.137 e. The number of H-pyrrole nitrogens is 1. The molecule has 0 amide bonds. The topological polar surface area (TPSA) is 90.8 Å². The van der Waals surface area contributed by atoms with Crippen molar-refractivity contribution in [2.75, 3.05) is 39.4 Å². The lowest BCUT2D eigenvalue weighted by molar-refractivity contribution is 0.0846. The van der Waals surface area contributed by atoms with Crippen molar-refractivity contribution in [1.82, 2.24) is 25.2 Å². The Hall–Kier alpha value is -3.10. The first-order valence-corrected chi connectivity index (χ1v) is 12.8. The lowest BCUT2D eigenvalue weighted by Crippen LogP contribution is -2.47. The quantitative estimate of drug-likeness (QED) is 0.420. The molecule has 3 aliphatic rings. The number of aliphatic imine (C=N–C) groups is 2. The summed E-state index contributed by atoms with van der Waals surface area (Å²) in [6.45, 7) is 9.84. The van der Waals surface area contributed by atoms with Crippen LogP contribution in [0.3, 0.4) is 0 Å². The van der Waals surface area contributed by atoms with Crippen LogP contribution in [0.4, 0.5) is 5.69 Å². The first kappa shape index (κ1) is 22.4. The predicted octanol–water partition coefficient (Wildman–Crippen LogP) is 3.91. The van der Waals surface area contributed by atoms with E-state index in [2.05, 4.69) is 49.0 Å². The summed E-state index contributed by atoms with van der Waals surface area (Å²) in [5.41, 5.74) is 6.59. The zero-order valence-electron chi connectivity index (χ0n) is 20.2. The number of hydrogen-bond donors (Lipinski definition) is 2. The van der Waals surface area contributed by atoms with Crippen molar-refractivity contribution in [3.05, 3.63) is 53.1 Å². The summed E-state index contributed by atoms with van der Waals surface area (Å²) in [4.78, 5) is 24.7. The van der Waals surface area contributed by atoms with Crippen molar-refractivity contribution in [2.24, 2.45) is 9.98 Å². The molecule has 2 N–H and O–H groups in total. The molecule has 3 aromatic rings. The number of aromatic nitrogens is 3. The number of hydrogen-bond acceptors (Lipinski definition) is 6. The third-order valence-corrected chi connectivity index (χ3v) is 7.49. The third-order valence-electron chi connectivity index (χ3n) is 7.49. The zero-order valence-corrected chi connectivity index (χ0v) is 20.2. The van der Waals surface area contributed by atoms with E-state index in [0.29, 0.717) is 18.4 Å². The minimum absolute atomic E-state index is 0.504. The molecule has 2 aliphatic heterocycles. The Morgan fingerprint density at radius 1 is 1.11 bits per heavy atom. The Bertz CT molecular complexity index is 1230. The largest absolute Gasteiger partial charge is 0.381 e. The summed E-state index contributed by atoms with van der Waals surface area (Å²) >= 11 is 0. The van der Waals surface area contributed by atoms with Gasteiger partial charge >= 0.3 is 0 Å². The minimum Gasteiger partial charge on any atom is -0.381 e. The Morgan fingerprint density at radius 2 is 1.94 bits per heavy atom. The van der Waals surface area contributed by atoms with Crippen molar-refractivity contribution < 1.29 is 4.74 Å². The van der Waals surface area contributed by atoms with Gasteiger partial charge in [-0.2, -0.15) is 0 Å². The Labute approximate surface area is 205 Å². The van der Waals surface area contributed by atoms with Crippen LogP contribution in [0.2, 0.25) is 0 Å². The van der Waals surface area contributed by atoms with Crippen LogP contribution in [0.15, 0.2) is 40.7 Å². The van der Waals surface area contributed by atoms with Gasteiger partial charge in [-0.1, -0.05) is 0 Å². The highest BCUT2D eigenvalue weighted by Gasteiger charge is 2.31. The van der Waals surface area contributed by atoms with Gasteiger partial charge in [-0.05, 0) is 61.6 Å². The van der Waals surface area contributed by atoms with Gasteiger partial charge in [0.25, 0.3) is 0 Å². The Balaban J connectivity index is 1.39. The number of nitrogens with zero attached hydrogens (tertiary/aromatic N) is 5. The van der Waals surface area contributed by atoms with E-state index in [1.807, 2.05) is 18.6 Å². The number of amidine groups is 1. The lowest BCUT2D eigenvalue weighted by atomic mass is 9.96. The molecule has 3 aromatic heterocycles. The summed E-state index contributed by atoms with van der Waals surface area (Å²) in [7, 11) is 0. The standard InChI is InChI=1S/C27H33N7O/c1-28-24-17-30-16-22(18-2-3-18)25(24)27(34-10-8-29-9-11-34)32-15-20-4-7-31-26-21(20)14-23(33-26)19-5-12-35-13-6-19/h4,7,14,16-19,29H,1-3,5-6,8-13,15H2,(H,31,33). The van der Waals surface area contributed by atoms with E-state index in [9.17, 15) is 0 Å². The number of nitrogens with one attached hydrogen (secondary N) is 2. The van der Waals surface area contributed by atoms with Gasteiger partial charge in [-0.25, -0.2) is 4.98 Å². The molecule has 0 spiro atoms. The molecule has 3 fully saturated rings. The lowest BCUT2D eigenvalue weighted by Gasteiger charge is -2.32. The van der Waals surface area contributed by atoms with E-state index in [-0.39, 0.29) is 0 Å². The van der Waals surface area contributed by atoms with Crippen LogP contribution in [0.25, 0.3) is 11.0 Å². The van der Waals surface area contributed by atoms with Crippen LogP contribution in [-0.4, -0.2) is 71.8 Å². The van der Waals surface area contributed by atoms with Gasteiger partial charge in [0.05, 0.1) is 18.4 Å². The van der Waals surface area contributed by atoms with Crippen LogP contribution < -0.4 is 5.32 Å². The van der Waals surface area contributed by atoms with Crippen LogP contribution in [0, 0.1) is 0 Å². The molecule has 8 nitrogen and oxygen atoms in total. The number of pyridine rings is 2. The molecule has 0 unspecified atom stereocenters. The number of piperazine rings is 1. The molecule has 1 aliphatic carbocycles. The molecule has 1 saturated carbocycles. The van der Waals surface area contributed by atoms with Gasteiger partial charge in [-0.15, -0.1) is 0 Å². The second-order valence-electron chi connectivity index (χ2n) is 9.78. The fourth-order valence-electron chi connectivity index (χ4n) is 5.37. The monoisotopic (exact) mass is 471 g/mol. The first-order valence-electron chi connectivity index (χ1n) is 12.8. The maximum absolute atomic E-state index is 5.56. The molecular weight excluding hydrogens is 438 g/mol. The number of rotatable bonds is 6. The van der Waals surface area contributed by atoms with Crippen molar-refractivity contribution in [1.29, 1.82) is 0 Å². The van der Waals surface area contributed by atoms with Crippen molar-refractivity contribution >= 4 is 29.3 Å². The number of aromatic amines is 1. The SMILES string of the molecule is C=Nc1cncc(C2CC2)c1C(=NCc1ccnc2[nH]c(C3CCOCC3)cc12)N1CCNCC1. The molecule has 0 aromatic carbocycles. The molecule has 6 rings (SSSR count). The van der Waals surface area contributed by atoms with E-state index in [4.69, 9.17) is 9.73 Å². The van der Waals surface area contributed by atoms with E-state index >= 15 is 0 Å². The fraction of sp³-hybridized carbons (Fsp3) is 0.481. The van der Waals surface area contributed by atoms with Gasteiger partial charge in [0, 0.05) is 74.3 Å². The number of ether oxygens (including phenoxy) is 1. The molecule has 8 heteroatoms. The summed E-state index contributed by atoms with van der Waals surface area (Å²) < 4.78 is 5.56. The van der Waals surface area contributed by atoms with Crippen LogP contribution in [-0.2, 0) is 11.3 Å². The van der Waals surface area contributed by atoms with Crippen LogP contribution in [0.1, 0.15) is 59.9 Å². The van der Waals surface area contributed by atoms with E-state index in [0.717, 1.165) is 80.4 Å². The highest BCUT2D eigenvalue weighted by molar-refractivity contribution is 6.04. The summed E-state index contributed by atoms with van der Waals surface area (Å²) in [6, 6.07) is 4.39. The normalized spacial score (nSPS) is 19.9. The third kappa shape index (κ3) is 4.60. The summed E-state index contributed by atoms with van der Waals surface area (Å²) in [5, 5.41) is 4.63. The van der Waals surface area contributed by atoms with Crippen molar-refractivity contribution in [3.8, 4) is 0 Å². The second-order valence-corrected chi connectivity index (χ2v) is 9.78. The highest BCUT2D eigenvalue weighted by atomic mass is 16.5. The highest BCUT2D eigenvalue weighted by Crippen LogP contribution is 2.43. The van der Waals surface area contributed by atoms with Crippen molar-refractivity contribution in [3.63, 3.8) is 0 Å². The van der Waals surface area contributed by atoms with Crippen LogP contribution >= 0.6 is 0 Å². The molecule has 182 valence electrons. The fourth-order valence-corrected chi connectivity index (χ4v) is 5.37. The molecular formula is C27H33N7O. The molecule has 0 atom stereocenters. The predicted molar refractivity (Wildman–Crippen MR) is 139 cm³/mol. The van der Waals surface area contributed by atoms with E-state index in [1.165, 1.54) is 29.7 Å². The van der Waals surface area contributed by atoms with E-state index in [1.54, 1.807) is 0 Å². The maximum Gasteiger partial charge on any atom is 0.137 e. The van der Waals surface area contributed by atoms with Gasteiger partial charge in [-0.3, -0.25) is 15.0 Å². The summed E-state index contributed by atoms with van der Waals surface area (Å²) in [6.07, 6.45) is 10.2. The van der Waals surface area contributed by atoms with E-state index < -0.39 is 0 Å². The molecule has 0 bridgehead atoms. The van der Waals surface area contributed by atoms with Gasteiger partial charge in [0.15, 0.2) is 0 Å². The average molecular weight is 472 g/mol. The van der Waals surface area contributed by atoms with Crippen molar-refractivity contribution in [2.45, 2.75) is 44.1 Å². The number of fused-ring (bicyclic) bond motifs is 1. The Kier molecular flexibility index (Phi) is 6.31. The minimum atomic E-state index is 0.504. The second kappa shape index (κ2) is 9.87. The van der Waals surface area contributed by atoms with Crippen LogP contribution in [0.5, 0.6) is 0 Å². The first-order chi connectivity index (χ1) is 17.3. The van der Waals surface area contributed by atoms with Gasteiger partial charge in [0.2, 0.25) is 0 Å². The van der Waals surface area contributed by atoms with Gasteiger partial charge < -0.3 is 19.9 Å². The molecule has 2 saturated heterocycles. The summed E-state index contributed by atoms with van der Waals surface area (Å²) in [5.74, 6) is 2.07. The molecule has 35 heavy (non-hydrogen) atoms.